The molecule has 1 atom stereocenters. The summed E-state index contributed by atoms with van der Waals surface area (Å²) in [6, 6.07) is 2.72. The van der Waals surface area contributed by atoms with Crippen LogP contribution in [0.25, 0.3) is 0 Å². The van der Waals surface area contributed by atoms with Crippen LogP contribution in [-0.2, 0) is 4.74 Å². The standard InChI is InChI=1S/C15H28N2O/c1-13(2)17-15(3,12-16)10-7-11-18-14-8-5-4-6-9-14/h13-14,17H,4-11H2,1-3H3. The number of rotatable bonds is 7. The van der Waals surface area contributed by atoms with E-state index in [-0.39, 0.29) is 0 Å². The number of ether oxygens (including phenoxy) is 1. The average Bonchev–Trinajstić information content (AvgIpc) is 2.35. The van der Waals surface area contributed by atoms with E-state index in [1.165, 1.54) is 32.1 Å². The molecule has 1 aliphatic rings. The molecule has 0 aliphatic heterocycles. The van der Waals surface area contributed by atoms with Gasteiger partial charge in [-0.3, -0.25) is 5.32 Å². The van der Waals surface area contributed by atoms with E-state index in [0.29, 0.717) is 12.1 Å². The molecule has 0 amide bonds. The Bertz CT molecular complexity index is 266. The van der Waals surface area contributed by atoms with E-state index in [4.69, 9.17) is 4.74 Å². The van der Waals surface area contributed by atoms with Crippen LogP contribution in [0.5, 0.6) is 0 Å². The third kappa shape index (κ3) is 5.84. The summed E-state index contributed by atoms with van der Waals surface area (Å²) < 4.78 is 5.89. The SMILES string of the molecule is CC(C)NC(C)(C#N)CCCOC1CCCCC1. The van der Waals surface area contributed by atoms with Gasteiger partial charge in [0.05, 0.1) is 12.2 Å². The Morgan fingerprint density at radius 3 is 2.56 bits per heavy atom. The maximum Gasteiger partial charge on any atom is 0.104 e. The first-order valence-electron chi connectivity index (χ1n) is 7.36. The Kier molecular flexibility index (Phi) is 6.67. The highest BCUT2D eigenvalue weighted by atomic mass is 16.5. The fourth-order valence-corrected chi connectivity index (χ4v) is 2.71. The summed E-state index contributed by atoms with van der Waals surface area (Å²) in [5.74, 6) is 0. The van der Waals surface area contributed by atoms with Gasteiger partial charge in [-0.25, -0.2) is 0 Å². The third-order valence-corrected chi connectivity index (χ3v) is 3.58. The second-order valence-electron chi connectivity index (χ2n) is 5.98. The Hall–Kier alpha value is -0.590. The summed E-state index contributed by atoms with van der Waals surface area (Å²) in [5.41, 5.74) is -0.413. The van der Waals surface area contributed by atoms with Gasteiger partial charge in [0, 0.05) is 12.6 Å². The minimum atomic E-state index is -0.413. The van der Waals surface area contributed by atoms with Gasteiger partial charge in [-0.2, -0.15) is 5.26 Å². The number of hydrogen-bond acceptors (Lipinski definition) is 3. The molecule has 1 fully saturated rings. The van der Waals surface area contributed by atoms with Gasteiger partial charge < -0.3 is 4.74 Å². The van der Waals surface area contributed by atoms with Crippen LogP contribution >= 0.6 is 0 Å². The molecule has 0 heterocycles. The van der Waals surface area contributed by atoms with E-state index >= 15 is 0 Å². The minimum Gasteiger partial charge on any atom is -0.378 e. The normalized spacial score (nSPS) is 20.6. The molecule has 0 saturated heterocycles. The van der Waals surface area contributed by atoms with E-state index in [0.717, 1.165) is 19.4 Å². The van der Waals surface area contributed by atoms with E-state index in [9.17, 15) is 5.26 Å². The second kappa shape index (κ2) is 7.76. The lowest BCUT2D eigenvalue weighted by atomic mass is 9.96. The first-order valence-corrected chi connectivity index (χ1v) is 7.36. The highest BCUT2D eigenvalue weighted by molar-refractivity contribution is 5.04. The monoisotopic (exact) mass is 252 g/mol. The first-order chi connectivity index (χ1) is 8.56. The van der Waals surface area contributed by atoms with Crippen molar-refractivity contribution in [2.45, 2.75) is 83.4 Å². The van der Waals surface area contributed by atoms with Crippen LogP contribution in [0.15, 0.2) is 0 Å². The zero-order valence-electron chi connectivity index (χ0n) is 12.2. The smallest absolute Gasteiger partial charge is 0.104 e. The number of nitriles is 1. The van der Waals surface area contributed by atoms with Crippen LogP contribution in [0.4, 0.5) is 0 Å². The fourth-order valence-electron chi connectivity index (χ4n) is 2.71. The molecule has 3 nitrogen and oxygen atoms in total. The topological polar surface area (TPSA) is 45.0 Å². The van der Waals surface area contributed by atoms with Gasteiger partial charge in [-0.05, 0) is 46.5 Å². The molecule has 0 bridgehead atoms. The molecule has 104 valence electrons. The van der Waals surface area contributed by atoms with Crippen LogP contribution in [0, 0.1) is 11.3 Å². The zero-order chi connectivity index (χ0) is 13.4. The van der Waals surface area contributed by atoms with Crippen LogP contribution in [0.3, 0.4) is 0 Å². The van der Waals surface area contributed by atoms with Crippen LogP contribution in [-0.4, -0.2) is 24.3 Å². The molecular formula is C15H28N2O. The van der Waals surface area contributed by atoms with Crippen molar-refractivity contribution >= 4 is 0 Å². The zero-order valence-corrected chi connectivity index (χ0v) is 12.2. The van der Waals surface area contributed by atoms with E-state index in [2.05, 4.69) is 25.2 Å². The first kappa shape index (κ1) is 15.5. The van der Waals surface area contributed by atoms with Crippen molar-refractivity contribution in [1.82, 2.24) is 5.32 Å². The highest BCUT2D eigenvalue weighted by Gasteiger charge is 2.23. The van der Waals surface area contributed by atoms with Gasteiger partial charge in [0.1, 0.15) is 5.54 Å². The molecule has 0 spiro atoms. The van der Waals surface area contributed by atoms with Crippen LogP contribution in [0.2, 0.25) is 0 Å². The molecule has 0 aromatic rings. The summed E-state index contributed by atoms with van der Waals surface area (Å²) in [6.07, 6.45) is 8.73. The molecule has 0 aromatic carbocycles. The van der Waals surface area contributed by atoms with Gasteiger partial charge >= 0.3 is 0 Å². The number of nitrogens with zero attached hydrogens (tertiary/aromatic N) is 1. The molecule has 0 aromatic heterocycles. The summed E-state index contributed by atoms with van der Waals surface area (Å²) in [6.45, 7) is 6.93. The lowest BCUT2D eigenvalue weighted by molar-refractivity contribution is 0.0247. The predicted molar refractivity (Wildman–Crippen MR) is 74.3 cm³/mol. The summed E-state index contributed by atoms with van der Waals surface area (Å²) in [4.78, 5) is 0. The molecule has 1 unspecified atom stereocenters. The second-order valence-corrected chi connectivity index (χ2v) is 5.98. The van der Waals surface area contributed by atoms with Crippen molar-refractivity contribution < 1.29 is 4.74 Å². The third-order valence-electron chi connectivity index (χ3n) is 3.58. The highest BCUT2D eigenvalue weighted by Crippen LogP contribution is 2.21. The van der Waals surface area contributed by atoms with Gasteiger partial charge in [0.2, 0.25) is 0 Å². The van der Waals surface area contributed by atoms with Crippen LogP contribution < -0.4 is 5.32 Å². The molecule has 18 heavy (non-hydrogen) atoms. The Balaban J connectivity index is 2.17. The summed E-state index contributed by atoms with van der Waals surface area (Å²) >= 11 is 0. The van der Waals surface area contributed by atoms with Gasteiger partial charge in [-0.15, -0.1) is 0 Å². The fraction of sp³-hybridized carbons (Fsp3) is 0.933. The Morgan fingerprint density at radius 2 is 2.00 bits per heavy atom. The maximum absolute atomic E-state index is 9.23. The predicted octanol–water partition coefficient (Wildman–Crippen LogP) is 3.40. The van der Waals surface area contributed by atoms with Crippen molar-refractivity contribution in [2.24, 2.45) is 0 Å². The average molecular weight is 252 g/mol. The summed E-state index contributed by atoms with van der Waals surface area (Å²) in [7, 11) is 0. The molecule has 1 saturated carbocycles. The van der Waals surface area contributed by atoms with Crippen molar-refractivity contribution in [3.05, 3.63) is 0 Å². The van der Waals surface area contributed by atoms with Crippen molar-refractivity contribution in [1.29, 1.82) is 5.26 Å². The lowest BCUT2D eigenvalue weighted by Crippen LogP contribution is -2.45. The molecular weight excluding hydrogens is 224 g/mol. The Morgan fingerprint density at radius 1 is 1.33 bits per heavy atom. The molecule has 1 aliphatic carbocycles. The number of hydrogen-bond donors (Lipinski definition) is 1. The van der Waals surface area contributed by atoms with Crippen molar-refractivity contribution in [2.75, 3.05) is 6.61 Å². The van der Waals surface area contributed by atoms with Crippen molar-refractivity contribution in [3.63, 3.8) is 0 Å². The van der Waals surface area contributed by atoms with Gasteiger partial charge in [0.15, 0.2) is 0 Å². The van der Waals surface area contributed by atoms with E-state index in [1.54, 1.807) is 0 Å². The van der Waals surface area contributed by atoms with Gasteiger partial charge in [-0.1, -0.05) is 19.3 Å². The van der Waals surface area contributed by atoms with E-state index in [1.807, 2.05) is 6.92 Å². The largest absolute Gasteiger partial charge is 0.378 e. The quantitative estimate of drug-likeness (QED) is 0.706. The Labute approximate surface area is 112 Å². The molecule has 0 radical (unpaired) electrons. The molecule has 3 heteroatoms. The summed E-state index contributed by atoms with van der Waals surface area (Å²) in [5, 5.41) is 12.6. The maximum atomic E-state index is 9.23. The van der Waals surface area contributed by atoms with Gasteiger partial charge in [0.25, 0.3) is 0 Å². The number of nitrogens with one attached hydrogen (secondary N) is 1. The van der Waals surface area contributed by atoms with Crippen molar-refractivity contribution in [3.8, 4) is 6.07 Å². The molecule has 1 N–H and O–H groups in total. The molecule has 1 rings (SSSR count). The van der Waals surface area contributed by atoms with E-state index < -0.39 is 5.54 Å². The lowest BCUT2D eigenvalue weighted by Gasteiger charge is -2.27. The minimum absolute atomic E-state index is 0.342. The van der Waals surface area contributed by atoms with Crippen LogP contribution in [0.1, 0.15) is 65.7 Å².